The van der Waals surface area contributed by atoms with Crippen molar-refractivity contribution in [3.8, 4) is 0 Å². The standard InChI is InChI=1S/C7H3Cl4NO/c8-2-1-3(9)5(10)6(11)4(2)7(12)13/h1H,(H2,12,13). The van der Waals surface area contributed by atoms with Gasteiger partial charge in [-0.15, -0.1) is 0 Å². The molecule has 0 radical (unpaired) electrons. The van der Waals surface area contributed by atoms with Gasteiger partial charge in [-0.3, -0.25) is 4.79 Å². The van der Waals surface area contributed by atoms with E-state index in [0.717, 1.165) is 0 Å². The summed E-state index contributed by atoms with van der Waals surface area (Å²) < 4.78 is 0. The molecule has 2 N–H and O–H groups in total. The fourth-order valence-corrected chi connectivity index (χ4v) is 1.89. The number of halogens is 4. The molecule has 0 aliphatic rings. The second-order valence-electron chi connectivity index (χ2n) is 2.21. The smallest absolute Gasteiger partial charge is 0.251 e. The van der Waals surface area contributed by atoms with Gasteiger partial charge < -0.3 is 5.73 Å². The Hall–Kier alpha value is -0.150. The van der Waals surface area contributed by atoms with Gasteiger partial charge in [-0.2, -0.15) is 0 Å². The van der Waals surface area contributed by atoms with Crippen LogP contribution in [0, 0.1) is 0 Å². The van der Waals surface area contributed by atoms with Crippen molar-refractivity contribution < 1.29 is 4.79 Å². The topological polar surface area (TPSA) is 43.1 Å². The highest BCUT2D eigenvalue weighted by atomic mass is 35.5. The lowest BCUT2D eigenvalue weighted by Crippen LogP contribution is -2.12. The summed E-state index contributed by atoms with van der Waals surface area (Å²) in [5.41, 5.74) is 5.01. The Bertz CT molecular complexity index is 377. The van der Waals surface area contributed by atoms with Crippen molar-refractivity contribution in [3.05, 3.63) is 31.7 Å². The molecule has 6 heteroatoms. The van der Waals surface area contributed by atoms with Crippen LogP contribution in [0.3, 0.4) is 0 Å². The van der Waals surface area contributed by atoms with E-state index in [0.29, 0.717) is 0 Å². The summed E-state index contributed by atoms with van der Waals surface area (Å²) in [5, 5.41) is 0.321. The monoisotopic (exact) mass is 257 g/mol. The lowest BCUT2D eigenvalue weighted by molar-refractivity contribution is 0.100. The highest BCUT2D eigenvalue weighted by molar-refractivity contribution is 6.51. The highest BCUT2D eigenvalue weighted by Crippen LogP contribution is 2.36. The average molecular weight is 259 g/mol. The molecule has 13 heavy (non-hydrogen) atoms. The second-order valence-corrected chi connectivity index (χ2v) is 3.78. The Balaban J connectivity index is 3.53. The predicted octanol–water partition coefficient (Wildman–Crippen LogP) is 3.40. The van der Waals surface area contributed by atoms with Crippen LogP contribution in [0.4, 0.5) is 0 Å². The second kappa shape index (κ2) is 3.93. The molecule has 0 bridgehead atoms. The van der Waals surface area contributed by atoms with E-state index in [1.165, 1.54) is 6.07 Å². The number of rotatable bonds is 1. The normalized spacial score (nSPS) is 10.2. The summed E-state index contributed by atoms with van der Waals surface area (Å²) in [5.74, 6) is -0.742. The van der Waals surface area contributed by atoms with E-state index in [1.54, 1.807) is 0 Å². The van der Waals surface area contributed by atoms with Crippen LogP contribution in [-0.4, -0.2) is 5.91 Å². The van der Waals surface area contributed by atoms with Gasteiger partial charge in [0.2, 0.25) is 0 Å². The molecule has 0 saturated heterocycles. The van der Waals surface area contributed by atoms with Crippen molar-refractivity contribution >= 4 is 52.3 Å². The van der Waals surface area contributed by atoms with Crippen LogP contribution in [0.2, 0.25) is 20.1 Å². The number of carbonyl (C=O) groups excluding carboxylic acids is 1. The van der Waals surface area contributed by atoms with Gasteiger partial charge in [0.15, 0.2) is 0 Å². The van der Waals surface area contributed by atoms with Crippen molar-refractivity contribution in [1.82, 2.24) is 0 Å². The minimum atomic E-state index is -0.742. The zero-order chi connectivity index (χ0) is 10.2. The minimum Gasteiger partial charge on any atom is -0.366 e. The van der Waals surface area contributed by atoms with Gasteiger partial charge in [0.25, 0.3) is 5.91 Å². The molecule has 0 fully saturated rings. The number of hydrogen-bond acceptors (Lipinski definition) is 1. The van der Waals surface area contributed by atoms with Crippen molar-refractivity contribution in [2.45, 2.75) is 0 Å². The number of carbonyl (C=O) groups is 1. The number of benzene rings is 1. The molecule has 0 aliphatic carbocycles. The van der Waals surface area contributed by atoms with E-state index >= 15 is 0 Å². The van der Waals surface area contributed by atoms with Crippen LogP contribution in [-0.2, 0) is 0 Å². The van der Waals surface area contributed by atoms with E-state index in [-0.39, 0.29) is 25.7 Å². The molecule has 1 aromatic carbocycles. The SMILES string of the molecule is NC(=O)c1c(Cl)cc(Cl)c(Cl)c1Cl. The third-order valence-corrected chi connectivity index (χ3v) is 2.92. The van der Waals surface area contributed by atoms with Crippen LogP contribution in [0.5, 0.6) is 0 Å². The van der Waals surface area contributed by atoms with E-state index in [2.05, 4.69) is 0 Å². The molecule has 1 aromatic rings. The summed E-state index contributed by atoms with van der Waals surface area (Å²) in [4.78, 5) is 10.9. The van der Waals surface area contributed by atoms with Crippen LogP contribution in [0.1, 0.15) is 10.4 Å². The first-order valence-corrected chi connectivity index (χ1v) is 4.59. The molecule has 70 valence electrons. The van der Waals surface area contributed by atoms with Gasteiger partial charge in [0.05, 0.1) is 25.7 Å². The maximum absolute atomic E-state index is 10.9. The maximum atomic E-state index is 10.9. The molecule has 0 atom stereocenters. The Morgan fingerprint density at radius 3 is 2.08 bits per heavy atom. The zero-order valence-corrected chi connectivity index (χ0v) is 9.10. The van der Waals surface area contributed by atoms with Gasteiger partial charge >= 0.3 is 0 Å². The molecule has 0 aromatic heterocycles. The van der Waals surface area contributed by atoms with Crippen LogP contribution >= 0.6 is 46.4 Å². The third-order valence-electron chi connectivity index (χ3n) is 1.36. The molecule has 0 saturated carbocycles. The quantitative estimate of drug-likeness (QED) is 0.609. The van der Waals surface area contributed by atoms with Crippen LogP contribution < -0.4 is 5.73 Å². The summed E-state index contributed by atoms with van der Waals surface area (Å²) in [6.07, 6.45) is 0. The molecule has 0 unspecified atom stereocenters. The van der Waals surface area contributed by atoms with E-state index < -0.39 is 5.91 Å². The molecule has 0 spiro atoms. The Kier molecular flexibility index (Phi) is 3.30. The number of hydrogen-bond donors (Lipinski definition) is 1. The van der Waals surface area contributed by atoms with E-state index in [9.17, 15) is 4.79 Å². The molecule has 1 rings (SSSR count). The fraction of sp³-hybridized carbons (Fsp3) is 0. The summed E-state index contributed by atoms with van der Waals surface area (Å²) in [7, 11) is 0. The maximum Gasteiger partial charge on any atom is 0.251 e. The molecule has 0 aliphatic heterocycles. The zero-order valence-electron chi connectivity index (χ0n) is 6.07. The van der Waals surface area contributed by atoms with E-state index in [4.69, 9.17) is 52.1 Å². The number of amides is 1. The predicted molar refractivity (Wildman–Crippen MR) is 55.0 cm³/mol. The largest absolute Gasteiger partial charge is 0.366 e. The van der Waals surface area contributed by atoms with Gasteiger partial charge in [-0.25, -0.2) is 0 Å². The van der Waals surface area contributed by atoms with Gasteiger partial charge in [-0.1, -0.05) is 46.4 Å². The van der Waals surface area contributed by atoms with Crippen LogP contribution in [0.15, 0.2) is 6.07 Å². The average Bonchev–Trinajstić information content (AvgIpc) is 1.99. The Labute approximate surface area is 94.5 Å². The Morgan fingerprint density at radius 1 is 1.08 bits per heavy atom. The van der Waals surface area contributed by atoms with Crippen molar-refractivity contribution in [2.75, 3.05) is 0 Å². The summed E-state index contributed by atoms with van der Waals surface area (Å²) in [6.45, 7) is 0. The molecular formula is C7H3Cl4NO. The summed E-state index contributed by atoms with van der Waals surface area (Å²) in [6, 6.07) is 1.32. The van der Waals surface area contributed by atoms with Crippen molar-refractivity contribution in [3.63, 3.8) is 0 Å². The molecule has 0 heterocycles. The molecule has 1 amide bonds. The highest BCUT2D eigenvalue weighted by Gasteiger charge is 2.17. The van der Waals surface area contributed by atoms with Gasteiger partial charge in [0.1, 0.15) is 0 Å². The number of nitrogens with two attached hydrogens (primary N) is 1. The molecule has 2 nitrogen and oxygen atoms in total. The lowest BCUT2D eigenvalue weighted by atomic mass is 10.2. The fourth-order valence-electron chi connectivity index (χ4n) is 0.792. The number of primary amides is 1. The first-order valence-electron chi connectivity index (χ1n) is 3.08. The van der Waals surface area contributed by atoms with Gasteiger partial charge in [-0.05, 0) is 6.07 Å². The third kappa shape index (κ3) is 2.02. The van der Waals surface area contributed by atoms with E-state index in [1.807, 2.05) is 0 Å². The Morgan fingerprint density at radius 2 is 1.62 bits per heavy atom. The van der Waals surface area contributed by atoms with Crippen molar-refractivity contribution in [1.29, 1.82) is 0 Å². The minimum absolute atomic E-state index is 0.0160. The van der Waals surface area contributed by atoms with Crippen molar-refractivity contribution in [2.24, 2.45) is 5.73 Å². The molecular weight excluding hydrogens is 256 g/mol. The van der Waals surface area contributed by atoms with Crippen LogP contribution in [0.25, 0.3) is 0 Å². The summed E-state index contributed by atoms with van der Waals surface area (Å²) >= 11 is 22.7. The first-order chi connectivity index (χ1) is 5.95. The lowest BCUT2D eigenvalue weighted by Gasteiger charge is -2.05. The first kappa shape index (κ1) is 10.9. The van der Waals surface area contributed by atoms with Gasteiger partial charge in [0, 0.05) is 0 Å².